The van der Waals surface area contributed by atoms with Gasteiger partial charge in [0.05, 0.1) is 11.2 Å². The minimum atomic E-state index is -0.0832. The fourth-order valence-electron chi connectivity index (χ4n) is 7.14. The Balaban J connectivity index is 1.21. The number of hydrogen-bond donors (Lipinski definition) is 0. The zero-order chi connectivity index (χ0) is 29.4. The molecule has 1 aliphatic carbocycles. The molecular formula is C41H28N2O. The highest BCUT2D eigenvalue weighted by Crippen LogP contribution is 2.51. The summed E-state index contributed by atoms with van der Waals surface area (Å²) in [6.45, 7) is 4.61. The van der Waals surface area contributed by atoms with Crippen molar-refractivity contribution in [3.8, 4) is 44.9 Å². The summed E-state index contributed by atoms with van der Waals surface area (Å²) in [6, 6.07) is 46.9. The van der Waals surface area contributed by atoms with E-state index < -0.39 is 0 Å². The Hall–Kier alpha value is -5.54. The van der Waals surface area contributed by atoms with Crippen LogP contribution in [-0.2, 0) is 5.41 Å². The Morgan fingerprint density at radius 1 is 0.500 bits per heavy atom. The number of benzene rings is 6. The molecular weight excluding hydrogens is 536 g/mol. The molecule has 0 N–H and O–H groups in total. The van der Waals surface area contributed by atoms with E-state index in [4.69, 9.17) is 14.4 Å². The van der Waals surface area contributed by atoms with E-state index in [-0.39, 0.29) is 5.41 Å². The molecule has 3 heteroatoms. The highest BCUT2D eigenvalue weighted by atomic mass is 16.3. The van der Waals surface area contributed by atoms with Crippen LogP contribution >= 0.6 is 0 Å². The van der Waals surface area contributed by atoms with Gasteiger partial charge in [0.25, 0.3) is 0 Å². The predicted molar refractivity (Wildman–Crippen MR) is 181 cm³/mol. The van der Waals surface area contributed by atoms with E-state index in [1.165, 1.54) is 22.3 Å². The third-order valence-electron chi connectivity index (χ3n) is 9.33. The first kappa shape index (κ1) is 25.0. The second-order valence-electron chi connectivity index (χ2n) is 12.2. The second-order valence-corrected chi connectivity index (χ2v) is 12.2. The molecule has 0 saturated heterocycles. The van der Waals surface area contributed by atoms with E-state index in [1.54, 1.807) is 0 Å². The molecule has 0 amide bonds. The van der Waals surface area contributed by atoms with Crippen LogP contribution in [0.3, 0.4) is 0 Å². The van der Waals surface area contributed by atoms with Gasteiger partial charge in [-0.2, -0.15) is 0 Å². The Kier molecular flexibility index (Phi) is 5.24. The van der Waals surface area contributed by atoms with Crippen LogP contribution in [0.25, 0.3) is 77.7 Å². The standard InChI is InChI=1S/C41H28N2O/c1-41(2)33-17-6-3-12-30(33)37-32(16-10-18-34(37)41)40-42-35-19-7-4-13-31(35)38(43-40)26-23-21-25(22-24-26)27-14-9-15-29-28-11-5-8-20-36(28)44-39(27)29/h3-24H,1-2H3. The van der Waals surface area contributed by atoms with E-state index in [0.29, 0.717) is 0 Å². The Labute approximate surface area is 255 Å². The molecule has 0 saturated carbocycles. The monoisotopic (exact) mass is 564 g/mol. The maximum absolute atomic E-state index is 6.33. The zero-order valence-corrected chi connectivity index (χ0v) is 24.5. The predicted octanol–water partition coefficient (Wildman–Crippen LogP) is 10.8. The summed E-state index contributed by atoms with van der Waals surface area (Å²) < 4.78 is 6.33. The average molecular weight is 565 g/mol. The van der Waals surface area contributed by atoms with Crippen LogP contribution in [0.5, 0.6) is 0 Å². The number of fused-ring (bicyclic) bond motifs is 7. The molecule has 0 aliphatic heterocycles. The van der Waals surface area contributed by atoms with Gasteiger partial charge in [0.2, 0.25) is 0 Å². The van der Waals surface area contributed by atoms with Crippen molar-refractivity contribution < 1.29 is 4.42 Å². The van der Waals surface area contributed by atoms with E-state index in [2.05, 4.69) is 129 Å². The molecule has 0 spiro atoms. The van der Waals surface area contributed by atoms with Crippen molar-refractivity contribution in [3.05, 3.63) is 145 Å². The fraction of sp³-hybridized carbons (Fsp3) is 0.0732. The molecule has 1 aliphatic rings. The topological polar surface area (TPSA) is 38.9 Å². The maximum Gasteiger partial charge on any atom is 0.161 e. The summed E-state index contributed by atoms with van der Waals surface area (Å²) in [5.41, 5.74) is 13.1. The van der Waals surface area contributed by atoms with Crippen molar-refractivity contribution in [3.63, 3.8) is 0 Å². The average Bonchev–Trinajstić information content (AvgIpc) is 3.57. The van der Waals surface area contributed by atoms with Gasteiger partial charge in [0, 0.05) is 38.3 Å². The first-order valence-electron chi connectivity index (χ1n) is 15.1. The van der Waals surface area contributed by atoms with Gasteiger partial charge in [-0.1, -0.05) is 135 Å². The van der Waals surface area contributed by atoms with Crippen LogP contribution in [0.1, 0.15) is 25.0 Å². The summed E-state index contributed by atoms with van der Waals surface area (Å²) in [7, 11) is 0. The molecule has 0 fully saturated rings. The number of furan rings is 1. The third kappa shape index (κ3) is 3.56. The molecule has 0 radical (unpaired) electrons. The number of aromatic nitrogens is 2. The van der Waals surface area contributed by atoms with Crippen LogP contribution in [-0.4, -0.2) is 9.97 Å². The van der Waals surface area contributed by atoms with Crippen LogP contribution in [0.2, 0.25) is 0 Å². The summed E-state index contributed by atoms with van der Waals surface area (Å²) in [5.74, 6) is 0.749. The smallest absolute Gasteiger partial charge is 0.161 e. The summed E-state index contributed by atoms with van der Waals surface area (Å²) >= 11 is 0. The Morgan fingerprint density at radius 3 is 2.02 bits per heavy atom. The molecule has 6 aromatic carbocycles. The quantitative estimate of drug-likeness (QED) is 0.214. The van der Waals surface area contributed by atoms with Crippen LogP contribution in [0.15, 0.2) is 138 Å². The van der Waals surface area contributed by atoms with Crippen LogP contribution < -0.4 is 0 Å². The minimum absolute atomic E-state index is 0.0832. The van der Waals surface area contributed by atoms with Crippen molar-refractivity contribution >= 4 is 32.8 Å². The normalized spacial score (nSPS) is 13.4. The zero-order valence-electron chi connectivity index (χ0n) is 24.5. The lowest BCUT2D eigenvalue weighted by molar-refractivity contribution is 0.660. The van der Waals surface area contributed by atoms with Crippen molar-refractivity contribution in [2.75, 3.05) is 0 Å². The maximum atomic E-state index is 6.33. The van der Waals surface area contributed by atoms with Gasteiger partial charge in [0.15, 0.2) is 5.82 Å². The molecule has 0 unspecified atom stereocenters. The molecule has 2 heterocycles. The first-order valence-corrected chi connectivity index (χ1v) is 15.1. The van der Waals surface area contributed by atoms with Crippen LogP contribution in [0.4, 0.5) is 0 Å². The van der Waals surface area contributed by atoms with E-state index >= 15 is 0 Å². The molecule has 9 rings (SSSR count). The van der Waals surface area contributed by atoms with Crippen molar-refractivity contribution in [2.24, 2.45) is 0 Å². The molecule has 8 aromatic rings. The largest absolute Gasteiger partial charge is 0.455 e. The highest BCUT2D eigenvalue weighted by Gasteiger charge is 2.37. The van der Waals surface area contributed by atoms with Gasteiger partial charge in [-0.25, -0.2) is 9.97 Å². The Bertz CT molecular complexity index is 2410. The number of para-hydroxylation sites is 3. The van der Waals surface area contributed by atoms with E-state index in [9.17, 15) is 0 Å². The molecule has 2 aromatic heterocycles. The summed E-state index contributed by atoms with van der Waals surface area (Å²) in [5, 5.41) is 3.31. The molecule has 44 heavy (non-hydrogen) atoms. The second kappa shape index (κ2) is 9.23. The van der Waals surface area contributed by atoms with E-state index in [1.807, 2.05) is 18.2 Å². The van der Waals surface area contributed by atoms with Gasteiger partial charge >= 0.3 is 0 Å². The molecule has 0 atom stereocenters. The lowest BCUT2D eigenvalue weighted by Crippen LogP contribution is -2.14. The summed E-state index contributed by atoms with van der Waals surface area (Å²) in [6.07, 6.45) is 0. The van der Waals surface area contributed by atoms with Crippen molar-refractivity contribution in [1.29, 1.82) is 0 Å². The lowest BCUT2D eigenvalue weighted by Gasteiger charge is -2.21. The van der Waals surface area contributed by atoms with Crippen molar-refractivity contribution in [1.82, 2.24) is 9.97 Å². The SMILES string of the molecule is CC1(C)c2ccccc2-c2c(-c3nc(-c4ccc(-c5cccc6c5oc5ccccc56)cc4)c4ccccc4n3)cccc21. The van der Waals surface area contributed by atoms with Gasteiger partial charge < -0.3 is 4.42 Å². The minimum Gasteiger partial charge on any atom is -0.455 e. The molecule has 3 nitrogen and oxygen atoms in total. The van der Waals surface area contributed by atoms with Crippen LogP contribution in [0, 0.1) is 0 Å². The summed E-state index contributed by atoms with van der Waals surface area (Å²) in [4.78, 5) is 10.4. The Morgan fingerprint density at radius 2 is 1.14 bits per heavy atom. The highest BCUT2D eigenvalue weighted by molar-refractivity contribution is 6.09. The molecule has 0 bridgehead atoms. The third-order valence-corrected chi connectivity index (χ3v) is 9.33. The lowest BCUT2D eigenvalue weighted by atomic mass is 9.82. The molecule has 208 valence electrons. The fourth-order valence-corrected chi connectivity index (χ4v) is 7.14. The van der Waals surface area contributed by atoms with E-state index in [0.717, 1.165) is 66.6 Å². The number of hydrogen-bond acceptors (Lipinski definition) is 3. The first-order chi connectivity index (χ1) is 21.6. The number of nitrogens with zero attached hydrogens (tertiary/aromatic N) is 2. The van der Waals surface area contributed by atoms with Gasteiger partial charge in [-0.05, 0) is 39.9 Å². The van der Waals surface area contributed by atoms with Gasteiger partial charge in [-0.3, -0.25) is 0 Å². The number of rotatable bonds is 3. The van der Waals surface area contributed by atoms with Gasteiger partial charge in [-0.15, -0.1) is 0 Å². The van der Waals surface area contributed by atoms with Crippen molar-refractivity contribution in [2.45, 2.75) is 19.3 Å². The van der Waals surface area contributed by atoms with Gasteiger partial charge in [0.1, 0.15) is 11.2 Å².